The maximum Gasteiger partial charge on any atom is 0.256 e. The maximum atomic E-state index is 13.6. The second kappa shape index (κ2) is 7.65. The fraction of sp³-hybridized carbons (Fsp3) is 0.480. The van der Waals surface area contributed by atoms with Gasteiger partial charge in [0.15, 0.2) is 15.5 Å². The molecule has 2 fully saturated rings. The molecule has 0 bridgehead atoms. The highest BCUT2D eigenvalue weighted by Crippen LogP contribution is 2.41. The molecule has 8 heteroatoms. The Kier molecular flexibility index (Phi) is 4.83. The Balaban J connectivity index is 1.44. The van der Waals surface area contributed by atoms with Crippen LogP contribution in [0.3, 0.4) is 0 Å². The van der Waals surface area contributed by atoms with Gasteiger partial charge in [-0.25, -0.2) is 18.1 Å². The number of amides is 1. The third-order valence-electron chi connectivity index (χ3n) is 7.30. The van der Waals surface area contributed by atoms with E-state index < -0.39 is 9.84 Å². The first-order valence-electron chi connectivity index (χ1n) is 11.9. The zero-order valence-electron chi connectivity index (χ0n) is 18.8. The van der Waals surface area contributed by atoms with Crippen LogP contribution in [-0.2, 0) is 22.7 Å². The smallest absolute Gasteiger partial charge is 0.256 e. The minimum atomic E-state index is -3.06. The number of carbonyl (C=O) groups is 1. The van der Waals surface area contributed by atoms with Crippen molar-refractivity contribution in [2.24, 2.45) is 0 Å². The molecule has 0 spiro atoms. The Labute approximate surface area is 193 Å². The fourth-order valence-electron chi connectivity index (χ4n) is 5.41. The molecule has 33 heavy (non-hydrogen) atoms. The zero-order valence-corrected chi connectivity index (χ0v) is 19.6. The van der Waals surface area contributed by atoms with Crippen molar-refractivity contribution in [2.75, 3.05) is 16.8 Å². The summed E-state index contributed by atoms with van der Waals surface area (Å²) in [7, 11) is -3.06. The summed E-state index contributed by atoms with van der Waals surface area (Å²) in [6, 6.07) is 7.85. The van der Waals surface area contributed by atoms with E-state index in [1.165, 1.54) is 17.5 Å². The SMILES string of the molecule is Cc1nn([C@@H]2CCS(=O)(=O)C2)c2nc(C3CC3)cc(C(=O)Nc3cccc4c3CCCC4)c12. The number of benzene rings is 1. The molecule has 2 aliphatic carbocycles. The van der Waals surface area contributed by atoms with Crippen molar-refractivity contribution in [3.8, 4) is 0 Å². The average Bonchev–Trinajstić information content (AvgIpc) is 3.52. The summed E-state index contributed by atoms with van der Waals surface area (Å²) in [6.45, 7) is 1.88. The lowest BCUT2D eigenvalue weighted by atomic mass is 9.90. The molecule has 0 radical (unpaired) electrons. The van der Waals surface area contributed by atoms with Gasteiger partial charge < -0.3 is 5.32 Å². The normalized spacial score (nSPS) is 21.8. The van der Waals surface area contributed by atoms with Gasteiger partial charge in [0.1, 0.15) is 0 Å². The van der Waals surface area contributed by atoms with E-state index >= 15 is 0 Å². The number of hydrogen-bond donors (Lipinski definition) is 1. The van der Waals surface area contributed by atoms with Gasteiger partial charge >= 0.3 is 0 Å². The predicted octanol–water partition coefficient (Wildman–Crippen LogP) is 4.11. The molecule has 1 aromatic carbocycles. The van der Waals surface area contributed by atoms with E-state index in [0.29, 0.717) is 29.2 Å². The summed E-state index contributed by atoms with van der Waals surface area (Å²) in [5.74, 6) is 0.467. The quantitative estimate of drug-likeness (QED) is 0.627. The molecule has 1 amide bonds. The molecule has 2 aromatic heterocycles. The van der Waals surface area contributed by atoms with Crippen LogP contribution in [0.4, 0.5) is 5.69 Å². The van der Waals surface area contributed by atoms with Crippen molar-refractivity contribution in [1.29, 1.82) is 0 Å². The number of fused-ring (bicyclic) bond motifs is 2. The molecule has 1 aliphatic heterocycles. The van der Waals surface area contributed by atoms with Crippen molar-refractivity contribution < 1.29 is 13.2 Å². The van der Waals surface area contributed by atoms with Crippen molar-refractivity contribution >= 4 is 32.5 Å². The van der Waals surface area contributed by atoms with Crippen molar-refractivity contribution in [1.82, 2.24) is 14.8 Å². The van der Waals surface area contributed by atoms with Gasteiger partial charge in [-0.3, -0.25) is 4.79 Å². The first-order chi connectivity index (χ1) is 15.9. The number of aryl methyl sites for hydroxylation is 2. The minimum absolute atomic E-state index is 0.0796. The lowest BCUT2D eigenvalue weighted by Gasteiger charge is -2.20. The van der Waals surface area contributed by atoms with Gasteiger partial charge in [-0.05, 0) is 75.1 Å². The predicted molar refractivity (Wildman–Crippen MR) is 128 cm³/mol. The summed E-state index contributed by atoms with van der Waals surface area (Å²) in [6.07, 6.45) is 7.04. The number of nitrogens with zero attached hydrogens (tertiary/aromatic N) is 3. The summed E-state index contributed by atoms with van der Waals surface area (Å²) in [5, 5.41) is 8.60. The zero-order chi connectivity index (χ0) is 22.7. The molecule has 1 saturated heterocycles. The number of pyridine rings is 1. The third-order valence-corrected chi connectivity index (χ3v) is 9.05. The highest BCUT2D eigenvalue weighted by molar-refractivity contribution is 7.91. The number of nitrogens with one attached hydrogen (secondary N) is 1. The largest absolute Gasteiger partial charge is 0.322 e. The fourth-order valence-corrected chi connectivity index (χ4v) is 7.10. The van der Waals surface area contributed by atoms with Crippen LogP contribution in [0.1, 0.15) is 76.9 Å². The van der Waals surface area contributed by atoms with Crippen LogP contribution in [0, 0.1) is 6.92 Å². The van der Waals surface area contributed by atoms with Crippen molar-refractivity contribution in [2.45, 2.75) is 63.8 Å². The maximum absolute atomic E-state index is 13.6. The Hall–Kier alpha value is -2.74. The van der Waals surface area contributed by atoms with Crippen molar-refractivity contribution in [3.63, 3.8) is 0 Å². The molecule has 1 N–H and O–H groups in total. The molecule has 1 saturated carbocycles. The average molecular weight is 465 g/mol. The van der Waals surface area contributed by atoms with Crippen LogP contribution in [0.2, 0.25) is 0 Å². The molecule has 0 unspecified atom stereocenters. The standard InChI is InChI=1S/C25H28N4O3S/c1-15-23-20(25(30)27-21-8-4-6-16-5-2-3-7-19(16)21)13-22(17-9-10-17)26-24(23)29(28-15)18-11-12-33(31,32)14-18/h4,6,8,13,17-18H,2-3,5,7,9-12,14H2,1H3,(H,27,30)/t18-/m1/s1. The van der Waals surface area contributed by atoms with E-state index in [4.69, 9.17) is 4.98 Å². The van der Waals surface area contributed by atoms with Crippen molar-refractivity contribution in [3.05, 3.63) is 52.3 Å². The molecular weight excluding hydrogens is 436 g/mol. The lowest BCUT2D eigenvalue weighted by molar-refractivity contribution is 0.102. The van der Waals surface area contributed by atoms with Gasteiger partial charge in [0, 0.05) is 17.3 Å². The Morgan fingerprint density at radius 3 is 2.73 bits per heavy atom. The minimum Gasteiger partial charge on any atom is -0.322 e. The second-order valence-electron chi connectivity index (χ2n) is 9.76. The topological polar surface area (TPSA) is 93.9 Å². The van der Waals surface area contributed by atoms with Crippen LogP contribution < -0.4 is 5.32 Å². The molecular formula is C25H28N4O3S. The van der Waals surface area contributed by atoms with E-state index in [0.717, 1.165) is 48.9 Å². The van der Waals surface area contributed by atoms with E-state index in [-0.39, 0.29) is 23.5 Å². The number of rotatable bonds is 4. The number of sulfone groups is 1. The Morgan fingerprint density at radius 2 is 1.97 bits per heavy atom. The van der Waals surface area contributed by atoms with Gasteiger partial charge in [-0.2, -0.15) is 5.10 Å². The highest BCUT2D eigenvalue weighted by atomic mass is 32.2. The van der Waals surface area contributed by atoms with Gasteiger partial charge in [0.05, 0.1) is 34.2 Å². The van der Waals surface area contributed by atoms with E-state index in [2.05, 4.69) is 16.5 Å². The summed E-state index contributed by atoms with van der Waals surface area (Å²) in [4.78, 5) is 18.5. The monoisotopic (exact) mass is 464 g/mol. The Bertz CT molecular complexity index is 1390. The molecule has 3 aromatic rings. The first kappa shape index (κ1) is 20.8. The number of aromatic nitrogens is 3. The van der Waals surface area contributed by atoms with Gasteiger partial charge in [0.25, 0.3) is 5.91 Å². The number of anilines is 1. The number of hydrogen-bond acceptors (Lipinski definition) is 5. The van der Waals surface area contributed by atoms with Crippen LogP contribution in [-0.4, -0.2) is 40.6 Å². The van der Waals surface area contributed by atoms with E-state index in [9.17, 15) is 13.2 Å². The molecule has 7 nitrogen and oxygen atoms in total. The number of carbonyl (C=O) groups excluding carboxylic acids is 1. The summed E-state index contributed by atoms with van der Waals surface area (Å²) >= 11 is 0. The lowest BCUT2D eigenvalue weighted by Crippen LogP contribution is -2.17. The van der Waals surface area contributed by atoms with E-state index in [1.807, 2.05) is 25.1 Å². The van der Waals surface area contributed by atoms with Gasteiger partial charge in [-0.1, -0.05) is 12.1 Å². The second-order valence-corrected chi connectivity index (χ2v) is 12.0. The molecule has 3 aliphatic rings. The molecule has 6 rings (SSSR count). The molecule has 3 heterocycles. The third kappa shape index (κ3) is 3.74. The van der Waals surface area contributed by atoms with Crippen LogP contribution in [0.5, 0.6) is 0 Å². The van der Waals surface area contributed by atoms with E-state index in [1.54, 1.807) is 4.68 Å². The Morgan fingerprint density at radius 1 is 1.15 bits per heavy atom. The summed E-state index contributed by atoms with van der Waals surface area (Å²) < 4.78 is 26.0. The first-order valence-corrected chi connectivity index (χ1v) is 13.7. The summed E-state index contributed by atoms with van der Waals surface area (Å²) in [5.41, 5.74) is 6.30. The van der Waals surface area contributed by atoms with Crippen LogP contribution in [0.15, 0.2) is 24.3 Å². The van der Waals surface area contributed by atoms with Gasteiger partial charge in [0.2, 0.25) is 0 Å². The van der Waals surface area contributed by atoms with Crippen LogP contribution in [0.25, 0.3) is 11.0 Å². The molecule has 172 valence electrons. The highest BCUT2D eigenvalue weighted by Gasteiger charge is 2.34. The van der Waals surface area contributed by atoms with Crippen LogP contribution >= 0.6 is 0 Å². The van der Waals surface area contributed by atoms with Gasteiger partial charge in [-0.15, -0.1) is 0 Å². The molecule has 1 atom stereocenters.